The molecule has 0 aliphatic rings. The minimum absolute atomic E-state index is 0.231. The minimum Gasteiger partial charge on any atom is -0.462 e. The maximum absolute atomic E-state index is 11.8. The Labute approximate surface area is 126 Å². The molecule has 0 saturated carbocycles. The van der Waals surface area contributed by atoms with E-state index in [0.29, 0.717) is 23.4 Å². The Morgan fingerprint density at radius 2 is 2.33 bits per heavy atom. The van der Waals surface area contributed by atoms with E-state index in [1.54, 1.807) is 35.2 Å². The van der Waals surface area contributed by atoms with Crippen molar-refractivity contribution in [2.75, 3.05) is 18.2 Å². The summed E-state index contributed by atoms with van der Waals surface area (Å²) in [5.74, 6) is -0.663. The molecule has 0 aliphatic carbocycles. The number of hydrogen-bond acceptors (Lipinski definition) is 5. The minimum atomic E-state index is -0.432. The molecule has 0 spiro atoms. The van der Waals surface area contributed by atoms with Gasteiger partial charge in [-0.05, 0) is 30.7 Å². The summed E-state index contributed by atoms with van der Waals surface area (Å²) in [6.45, 7) is 2.04. The van der Waals surface area contributed by atoms with E-state index in [1.165, 1.54) is 24.0 Å². The number of aromatic nitrogens is 2. The van der Waals surface area contributed by atoms with Crippen LogP contribution in [0.4, 0.5) is 5.69 Å². The van der Waals surface area contributed by atoms with E-state index in [-0.39, 0.29) is 5.91 Å². The van der Waals surface area contributed by atoms with Gasteiger partial charge in [0, 0.05) is 18.0 Å². The number of pyridine rings is 1. The average molecular weight is 305 g/mol. The summed E-state index contributed by atoms with van der Waals surface area (Å²) in [4.78, 5) is 23.5. The number of nitrogens with one attached hydrogen (secondary N) is 1. The number of amides is 1. The third-order valence-corrected chi connectivity index (χ3v) is 3.05. The maximum atomic E-state index is 11.8. The SMILES string of the molecule is CCOC(=O)c1cnn2ccc(NC(=O)/C=C/SC)cc12. The van der Waals surface area contributed by atoms with Gasteiger partial charge >= 0.3 is 5.97 Å². The van der Waals surface area contributed by atoms with Gasteiger partial charge in [0.1, 0.15) is 5.56 Å². The van der Waals surface area contributed by atoms with Gasteiger partial charge in [-0.25, -0.2) is 9.31 Å². The Kier molecular flexibility index (Phi) is 4.99. The first-order chi connectivity index (χ1) is 10.2. The number of ether oxygens (including phenoxy) is 1. The number of thioether (sulfide) groups is 1. The Balaban J connectivity index is 2.27. The second-order valence-corrected chi connectivity index (χ2v) is 4.80. The fourth-order valence-electron chi connectivity index (χ4n) is 1.74. The predicted molar refractivity (Wildman–Crippen MR) is 82.4 cm³/mol. The van der Waals surface area contributed by atoms with Crippen LogP contribution < -0.4 is 5.32 Å². The molecule has 0 unspecified atom stereocenters. The molecule has 1 N–H and O–H groups in total. The van der Waals surface area contributed by atoms with Crippen LogP contribution in [0.3, 0.4) is 0 Å². The Morgan fingerprint density at radius 3 is 3.05 bits per heavy atom. The summed E-state index contributed by atoms with van der Waals surface area (Å²) in [5, 5.41) is 8.49. The van der Waals surface area contributed by atoms with Crippen LogP contribution in [0.2, 0.25) is 0 Å². The third-order valence-electron chi connectivity index (χ3n) is 2.64. The molecule has 0 aromatic carbocycles. The van der Waals surface area contributed by atoms with Gasteiger partial charge in [0.15, 0.2) is 0 Å². The molecule has 2 heterocycles. The van der Waals surface area contributed by atoms with E-state index in [0.717, 1.165) is 0 Å². The van der Waals surface area contributed by atoms with Crippen molar-refractivity contribution in [3.8, 4) is 0 Å². The number of nitrogens with zero attached hydrogens (tertiary/aromatic N) is 2. The lowest BCUT2D eigenvalue weighted by molar-refractivity contribution is -0.111. The van der Waals surface area contributed by atoms with Crippen molar-refractivity contribution in [3.63, 3.8) is 0 Å². The van der Waals surface area contributed by atoms with Crippen molar-refractivity contribution < 1.29 is 14.3 Å². The van der Waals surface area contributed by atoms with Crippen LogP contribution in [-0.2, 0) is 9.53 Å². The largest absolute Gasteiger partial charge is 0.462 e. The Hall–Kier alpha value is -2.28. The van der Waals surface area contributed by atoms with Crippen LogP contribution in [0.1, 0.15) is 17.3 Å². The molecule has 2 rings (SSSR count). The zero-order valence-corrected chi connectivity index (χ0v) is 12.5. The van der Waals surface area contributed by atoms with E-state index in [9.17, 15) is 9.59 Å². The second-order valence-electron chi connectivity index (χ2n) is 4.05. The molecule has 7 heteroatoms. The second kappa shape index (κ2) is 6.94. The molecule has 110 valence electrons. The lowest BCUT2D eigenvalue weighted by atomic mass is 10.2. The van der Waals surface area contributed by atoms with Gasteiger partial charge in [0.05, 0.1) is 18.3 Å². The fourth-order valence-corrected chi connectivity index (χ4v) is 2.00. The third kappa shape index (κ3) is 3.63. The Morgan fingerprint density at radius 1 is 1.52 bits per heavy atom. The van der Waals surface area contributed by atoms with E-state index in [1.807, 2.05) is 6.26 Å². The van der Waals surface area contributed by atoms with E-state index < -0.39 is 5.97 Å². The molecule has 6 nitrogen and oxygen atoms in total. The number of rotatable bonds is 5. The monoisotopic (exact) mass is 305 g/mol. The molecule has 1 amide bonds. The van der Waals surface area contributed by atoms with Crippen molar-refractivity contribution in [3.05, 3.63) is 41.6 Å². The van der Waals surface area contributed by atoms with Crippen molar-refractivity contribution in [2.24, 2.45) is 0 Å². The fraction of sp³-hybridized carbons (Fsp3) is 0.214. The van der Waals surface area contributed by atoms with Gasteiger partial charge in [-0.2, -0.15) is 5.10 Å². The normalized spacial score (nSPS) is 11.0. The quantitative estimate of drug-likeness (QED) is 0.678. The molecule has 0 atom stereocenters. The number of anilines is 1. The molecule has 2 aromatic heterocycles. The first kappa shape index (κ1) is 15.1. The average Bonchev–Trinajstić information content (AvgIpc) is 2.88. The van der Waals surface area contributed by atoms with Crippen LogP contribution in [0.25, 0.3) is 5.52 Å². The highest BCUT2D eigenvalue weighted by Gasteiger charge is 2.14. The van der Waals surface area contributed by atoms with Crippen molar-refractivity contribution >= 4 is 34.8 Å². The van der Waals surface area contributed by atoms with Gasteiger partial charge in [-0.3, -0.25) is 4.79 Å². The van der Waals surface area contributed by atoms with Crippen molar-refractivity contribution in [2.45, 2.75) is 6.92 Å². The van der Waals surface area contributed by atoms with E-state index in [4.69, 9.17) is 4.74 Å². The zero-order chi connectivity index (χ0) is 15.2. The van der Waals surface area contributed by atoms with Crippen LogP contribution in [0, 0.1) is 0 Å². The summed E-state index contributed by atoms with van der Waals surface area (Å²) in [6.07, 6.45) is 6.43. The van der Waals surface area contributed by atoms with Crippen LogP contribution in [0.5, 0.6) is 0 Å². The first-order valence-corrected chi connectivity index (χ1v) is 7.59. The number of carbonyl (C=O) groups excluding carboxylic acids is 2. The highest BCUT2D eigenvalue weighted by molar-refractivity contribution is 8.01. The van der Waals surface area contributed by atoms with E-state index >= 15 is 0 Å². The highest BCUT2D eigenvalue weighted by Crippen LogP contribution is 2.17. The molecule has 0 aliphatic heterocycles. The zero-order valence-electron chi connectivity index (χ0n) is 11.7. The van der Waals surface area contributed by atoms with Crippen molar-refractivity contribution in [1.29, 1.82) is 0 Å². The molecule has 0 saturated heterocycles. The molecule has 0 radical (unpaired) electrons. The smallest absolute Gasteiger partial charge is 0.341 e. The first-order valence-electron chi connectivity index (χ1n) is 6.30. The van der Waals surface area contributed by atoms with Crippen LogP contribution >= 0.6 is 11.8 Å². The van der Waals surface area contributed by atoms with Crippen LogP contribution in [0.15, 0.2) is 36.0 Å². The number of esters is 1. The predicted octanol–water partition coefficient (Wildman–Crippen LogP) is 2.33. The van der Waals surface area contributed by atoms with Crippen molar-refractivity contribution in [1.82, 2.24) is 9.61 Å². The molecular weight excluding hydrogens is 290 g/mol. The summed E-state index contributed by atoms with van der Waals surface area (Å²) >= 11 is 1.44. The summed E-state index contributed by atoms with van der Waals surface area (Å²) in [5.41, 5.74) is 1.54. The lowest BCUT2D eigenvalue weighted by Crippen LogP contribution is -2.08. The number of fused-ring (bicyclic) bond motifs is 1. The molecular formula is C14H15N3O3S. The number of hydrogen-bond donors (Lipinski definition) is 1. The molecule has 2 aromatic rings. The van der Waals surface area contributed by atoms with E-state index in [2.05, 4.69) is 10.4 Å². The lowest BCUT2D eigenvalue weighted by Gasteiger charge is -2.04. The van der Waals surface area contributed by atoms with Gasteiger partial charge in [-0.15, -0.1) is 11.8 Å². The standard InChI is InChI=1S/C14H15N3O3S/c1-3-20-14(19)11-9-15-17-6-4-10(8-12(11)17)16-13(18)5-7-21-2/h4-9H,3H2,1-2H3,(H,16,18)/b7-5+. The number of carbonyl (C=O) groups is 2. The molecule has 0 bridgehead atoms. The maximum Gasteiger partial charge on any atom is 0.341 e. The topological polar surface area (TPSA) is 72.7 Å². The molecule has 0 fully saturated rings. The van der Waals surface area contributed by atoms with Gasteiger partial charge in [0.2, 0.25) is 5.91 Å². The summed E-state index contributed by atoms with van der Waals surface area (Å²) in [7, 11) is 0. The van der Waals surface area contributed by atoms with Gasteiger partial charge < -0.3 is 10.1 Å². The summed E-state index contributed by atoms with van der Waals surface area (Å²) < 4.78 is 6.53. The highest BCUT2D eigenvalue weighted by atomic mass is 32.2. The van der Waals surface area contributed by atoms with Gasteiger partial charge in [0.25, 0.3) is 0 Å². The van der Waals surface area contributed by atoms with Crippen LogP contribution in [-0.4, -0.2) is 34.4 Å². The van der Waals surface area contributed by atoms with Gasteiger partial charge in [-0.1, -0.05) is 0 Å². The summed E-state index contributed by atoms with van der Waals surface area (Å²) in [6, 6.07) is 3.39. The Bertz CT molecular complexity index is 694. The molecule has 21 heavy (non-hydrogen) atoms.